The van der Waals surface area contributed by atoms with E-state index in [-0.39, 0.29) is 24.3 Å². The van der Waals surface area contributed by atoms with Gasteiger partial charge in [-0.25, -0.2) is 4.79 Å². The summed E-state index contributed by atoms with van der Waals surface area (Å²) in [7, 11) is 1.49. The van der Waals surface area contributed by atoms with E-state index < -0.39 is 12.0 Å². The zero-order valence-electron chi connectivity index (χ0n) is 11.8. The van der Waals surface area contributed by atoms with E-state index in [9.17, 15) is 14.4 Å². The number of hydrogen-bond donors (Lipinski definition) is 4. The van der Waals surface area contributed by atoms with Crippen LogP contribution in [0.25, 0.3) is 0 Å². The molecule has 0 radical (unpaired) electrons. The molecular weight excluding hydrogens is 262 g/mol. The first kappa shape index (κ1) is 16.3. The van der Waals surface area contributed by atoms with Crippen molar-refractivity contribution >= 4 is 17.9 Å². The highest BCUT2D eigenvalue weighted by Gasteiger charge is 2.34. The molecular formula is C13H23N3O4. The van der Waals surface area contributed by atoms with Gasteiger partial charge in [-0.2, -0.15) is 0 Å². The van der Waals surface area contributed by atoms with Crippen LogP contribution < -0.4 is 16.0 Å². The summed E-state index contributed by atoms with van der Waals surface area (Å²) < 4.78 is 0. The molecule has 1 aliphatic rings. The molecule has 0 aromatic rings. The number of likely N-dealkylation sites (N-methyl/N-ethyl adjacent to an activating group) is 1. The third-order valence-electron chi connectivity index (χ3n) is 3.75. The second kappa shape index (κ2) is 7.72. The van der Waals surface area contributed by atoms with Gasteiger partial charge in [-0.1, -0.05) is 19.3 Å². The van der Waals surface area contributed by atoms with Crippen LogP contribution in [-0.4, -0.2) is 43.2 Å². The van der Waals surface area contributed by atoms with Gasteiger partial charge in [-0.05, 0) is 18.3 Å². The van der Waals surface area contributed by atoms with Crippen LogP contribution in [0.2, 0.25) is 0 Å². The molecule has 7 nitrogen and oxygen atoms in total. The maximum atomic E-state index is 11.6. The van der Waals surface area contributed by atoms with Gasteiger partial charge in [0.1, 0.15) is 0 Å². The minimum Gasteiger partial charge on any atom is -0.481 e. The highest BCUT2D eigenvalue weighted by molar-refractivity contribution is 5.83. The molecule has 0 heterocycles. The summed E-state index contributed by atoms with van der Waals surface area (Å²) in [4.78, 5) is 33.6. The van der Waals surface area contributed by atoms with E-state index in [4.69, 9.17) is 5.11 Å². The van der Waals surface area contributed by atoms with Gasteiger partial charge in [-0.3, -0.25) is 9.59 Å². The van der Waals surface area contributed by atoms with Crippen LogP contribution in [0, 0.1) is 5.41 Å². The fourth-order valence-corrected chi connectivity index (χ4v) is 2.62. The smallest absolute Gasteiger partial charge is 0.315 e. The zero-order valence-corrected chi connectivity index (χ0v) is 11.8. The molecule has 3 amide bonds. The number of amides is 3. The molecule has 0 bridgehead atoms. The molecule has 0 atom stereocenters. The standard InChI is InChI=1S/C13H23N3O4/c1-14-10(17)8-15-12(20)16-9-13(7-11(18)19)5-3-2-4-6-13/h2-9H2,1H3,(H,14,17)(H,18,19)(H2,15,16,20). The summed E-state index contributed by atoms with van der Waals surface area (Å²) in [6, 6.07) is -0.441. The molecule has 1 rings (SSSR count). The molecule has 0 unspecified atom stereocenters. The maximum absolute atomic E-state index is 11.6. The molecule has 0 spiro atoms. The van der Waals surface area contributed by atoms with Crippen LogP contribution in [0.3, 0.4) is 0 Å². The number of carboxylic acid groups (broad SMARTS) is 1. The Morgan fingerprint density at radius 2 is 1.75 bits per heavy atom. The predicted octanol–water partition coefficient (Wildman–Crippen LogP) is 0.457. The van der Waals surface area contributed by atoms with Gasteiger partial charge in [0.2, 0.25) is 5.91 Å². The molecule has 114 valence electrons. The van der Waals surface area contributed by atoms with Crippen LogP contribution in [-0.2, 0) is 9.59 Å². The molecule has 7 heteroatoms. The molecule has 4 N–H and O–H groups in total. The normalized spacial score (nSPS) is 17.1. The number of hydrogen-bond acceptors (Lipinski definition) is 3. The number of rotatable bonds is 6. The fraction of sp³-hybridized carbons (Fsp3) is 0.769. The highest BCUT2D eigenvalue weighted by atomic mass is 16.4. The average Bonchev–Trinajstić information content (AvgIpc) is 2.43. The first-order valence-corrected chi connectivity index (χ1v) is 6.91. The Morgan fingerprint density at radius 3 is 2.30 bits per heavy atom. The Labute approximate surface area is 118 Å². The van der Waals surface area contributed by atoms with Crippen molar-refractivity contribution in [1.82, 2.24) is 16.0 Å². The minimum atomic E-state index is -0.834. The van der Waals surface area contributed by atoms with Crippen molar-refractivity contribution < 1.29 is 19.5 Å². The van der Waals surface area contributed by atoms with Crippen molar-refractivity contribution in [2.24, 2.45) is 5.41 Å². The third kappa shape index (κ3) is 5.46. The van der Waals surface area contributed by atoms with Crippen LogP contribution in [0.15, 0.2) is 0 Å². The molecule has 1 saturated carbocycles. The molecule has 0 aromatic carbocycles. The molecule has 0 saturated heterocycles. The van der Waals surface area contributed by atoms with Crippen LogP contribution >= 0.6 is 0 Å². The summed E-state index contributed by atoms with van der Waals surface area (Å²) in [6.07, 6.45) is 4.81. The molecule has 1 aliphatic carbocycles. The second-order valence-electron chi connectivity index (χ2n) is 5.34. The van der Waals surface area contributed by atoms with Gasteiger partial charge < -0.3 is 21.1 Å². The number of carboxylic acids is 1. The monoisotopic (exact) mass is 285 g/mol. The van der Waals surface area contributed by atoms with Crippen molar-refractivity contribution in [1.29, 1.82) is 0 Å². The predicted molar refractivity (Wildman–Crippen MR) is 73.2 cm³/mol. The van der Waals surface area contributed by atoms with E-state index in [2.05, 4.69) is 16.0 Å². The Kier molecular flexibility index (Phi) is 6.27. The number of carbonyl (C=O) groups excluding carboxylic acids is 2. The average molecular weight is 285 g/mol. The zero-order chi connectivity index (χ0) is 15.0. The summed E-state index contributed by atoms with van der Waals surface area (Å²) in [5, 5.41) is 16.5. The summed E-state index contributed by atoms with van der Waals surface area (Å²) in [5.74, 6) is -1.11. The van der Waals surface area contributed by atoms with E-state index in [0.717, 1.165) is 32.1 Å². The van der Waals surface area contributed by atoms with Crippen molar-refractivity contribution in [3.05, 3.63) is 0 Å². The van der Waals surface area contributed by atoms with Gasteiger partial charge in [-0.15, -0.1) is 0 Å². The highest BCUT2D eigenvalue weighted by Crippen LogP contribution is 2.38. The Morgan fingerprint density at radius 1 is 1.10 bits per heavy atom. The summed E-state index contributed by atoms with van der Waals surface area (Å²) in [6.45, 7) is 0.243. The lowest BCUT2D eigenvalue weighted by Crippen LogP contribution is -2.46. The minimum absolute atomic E-state index is 0.0721. The van der Waals surface area contributed by atoms with Crippen molar-refractivity contribution in [2.45, 2.75) is 38.5 Å². The number of carbonyl (C=O) groups is 3. The van der Waals surface area contributed by atoms with Crippen molar-refractivity contribution in [3.63, 3.8) is 0 Å². The van der Waals surface area contributed by atoms with E-state index in [1.807, 2.05) is 0 Å². The quantitative estimate of drug-likeness (QED) is 0.568. The molecule has 0 aromatic heterocycles. The van der Waals surface area contributed by atoms with Crippen LogP contribution in [0.4, 0.5) is 4.79 Å². The van der Waals surface area contributed by atoms with Crippen LogP contribution in [0.5, 0.6) is 0 Å². The SMILES string of the molecule is CNC(=O)CNC(=O)NCC1(CC(=O)O)CCCCC1. The summed E-state index contributed by atoms with van der Waals surface area (Å²) >= 11 is 0. The van der Waals surface area contributed by atoms with E-state index in [1.54, 1.807) is 0 Å². The first-order valence-electron chi connectivity index (χ1n) is 6.91. The number of nitrogens with one attached hydrogen (secondary N) is 3. The lowest BCUT2D eigenvalue weighted by atomic mass is 9.72. The lowest BCUT2D eigenvalue weighted by molar-refractivity contribution is -0.140. The topological polar surface area (TPSA) is 108 Å². The van der Waals surface area contributed by atoms with Gasteiger partial charge in [0.15, 0.2) is 0 Å². The molecule has 20 heavy (non-hydrogen) atoms. The Bertz CT molecular complexity index is 365. The van der Waals surface area contributed by atoms with E-state index in [1.165, 1.54) is 7.05 Å². The van der Waals surface area contributed by atoms with Crippen molar-refractivity contribution in [2.75, 3.05) is 20.1 Å². The Hall–Kier alpha value is -1.79. The van der Waals surface area contributed by atoms with Gasteiger partial charge >= 0.3 is 12.0 Å². The lowest BCUT2D eigenvalue weighted by Gasteiger charge is -2.36. The molecule has 0 aliphatic heterocycles. The third-order valence-corrected chi connectivity index (χ3v) is 3.75. The Balaban J connectivity index is 2.43. The first-order chi connectivity index (χ1) is 9.47. The van der Waals surface area contributed by atoms with E-state index in [0.29, 0.717) is 6.54 Å². The van der Waals surface area contributed by atoms with E-state index >= 15 is 0 Å². The fourth-order valence-electron chi connectivity index (χ4n) is 2.62. The van der Waals surface area contributed by atoms with Crippen molar-refractivity contribution in [3.8, 4) is 0 Å². The van der Waals surface area contributed by atoms with Gasteiger partial charge in [0.05, 0.1) is 13.0 Å². The second-order valence-corrected chi connectivity index (χ2v) is 5.34. The number of aliphatic carboxylic acids is 1. The summed E-state index contributed by atoms with van der Waals surface area (Å²) in [5.41, 5.74) is -0.353. The molecule has 1 fully saturated rings. The van der Waals surface area contributed by atoms with Crippen LogP contribution in [0.1, 0.15) is 38.5 Å². The van der Waals surface area contributed by atoms with Gasteiger partial charge in [0, 0.05) is 13.6 Å². The maximum Gasteiger partial charge on any atom is 0.315 e. The van der Waals surface area contributed by atoms with Gasteiger partial charge in [0.25, 0.3) is 0 Å². The largest absolute Gasteiger partial charge is 0.481 e. The number of urea groups is 1.